The van der Waals surface area contributed by atoms with Crippen molar-refractivity contribution in [2.24, 2.45) is 0 Å². The molecule has 1 aromatic carbocycles. The molecule has 2 atom stereocenters. The van der Waals surface area contributed by atoms with Crippen molar-refractivity contribution in [3.63, 3.8) is 0 Å². The van der Waals surface area contributed by atoms with E-state index in [2.05, 4.69) is 53.1 Å². The van der Waals surface area contributed by atoms with Crippen LogP contribution in [0.1, 0.15) is 0 Å². The first-order valence-corrected chi connectivity index (χ1v) is 8.07. The highest BCUT2D eigenvalue weighted by Crippen LogP contribution is 2.23. The molecule has 2 saturated heterocycles. The normalized spacial score (nSPS) is 24.2. The van der Waals surface area contributed by atoms with Crippen LogP contribution in [0.15, 0.2) is 31.6 Å². The van der Waals surface area contributed by atoms with Crippen LogP contribution in [0.2, 0.25) is 0 Å². The van der Waals surface area contributed by atoms with Crippen LogP contribution in [-0.2, 0) is 9.47 Å². The Bertz CT molecular complexity index is 332. The number of rotatable bonds is 4. The zero-order chi connectivity index (χ0) is 13.0. The molecule has 2 aliphatic heterocycles. The minimum Gasteiger partial charge on any atom is -0.372 e. The third-order valence-electron chi connectivity index (χ3n) is 2.38. The van der Waals surface area contributed by atoms with Crippen molar-refractivity contribution in [1.82, 2.24) is 5.32 Å². The Labute approximate surface area is 132 Å². The number of benzene rings is 1. The smallest absolute Gasteiger partial charge is 0.0933 e. The number of ether oxygens (including phenoxy) is 2. The van der Waals surface area contributed by atoms with Gasteiger partial charge in [-0.15, -0.1) is 0 Å². The molecule has 0 aromatic heterocycles. The summed E-state index contributed by atoms with van der Waals surface area (Å²) in [5, 5.41) is 3.26. The molecule has 1 aromatic rings. The molecule has 1 N–H and O–H groups in total. The van der Waals surface area contributed by atoms with Gasteiger partial charge in [0.1, 0.15) is 0 Å². The quantitative estimate of drug-likeness (QED) is 0.725. The van der Waals surface area contributed by atoms with Gasteiger partial charge in [-0.2, -0.15) is 0 Å². The minimum absolute atomic E-state index is 0.503. The van der Waals surface area contributed by atoms with Crippen molar-refractivity contribution in [2.75, 3.05) is 26.3 Å². The van der Waals surface area contributed by atoms with E-state index >= 15 is 0 Å². The van der Waals surface area contributed by atoms with Gasteiger partial charge < -0.3 is 14.8 Å². The fourth-order valence-corrected chi connectivity index (χ4v) is 3.70. The molecule has 0 bridgehead atoms. The lowest BCUT2D eigenvalue weighted by molar-refractivity contribution is 0.373. The largest absolute Gasteiger partial charge is 0.372 e. The van der Waals surface area contributed by atoms with Crippen molar-refractivity contribution in [1.29, 1.82) is 0 Å². The molecule has 3 nitrogen and oxygen atoms in total. The van der Waals surface area contributed by atoms with Crippen LogP contribution in [0.5, 0.6) is 0 Å². The highest BCUT2D eigenvalue weighted by atomic mass is 79.9. The van der Waals surface area contributed by atoms with Crippen molar-refractivity contribution >= 4 is 47.8 Å². The van der Waals surface area contributed by atoms with Crippen LogP contribution >= 0.6 is 47.8 Å². The van der Waals surface area contributed by atoms with Gasteiger partial charge in [0.15, 0.2) is 0 Å². The number of epoxide rings is 2. The maximum atomic E-state index is 5.01. The molecule has 0 amide bonds. The summed E-state index contributed by atoms with van der Waals surface area (Å²) in [6.07, 6.45) is 1.01. The van der Waals surface area contributed by atoms with E-state index in [1.165, 1.54) is 0 Å². The van der Waals surface area contributed by atoms with E-state index in [0.29, 0.717) is 12.2 Å². The summed E-state index contributed by atoms with van der Waals surface area (Å²) >= 11 is 10.1. The molecule has 0 radical (unpaired) electrons. The number of hydrogen-bond donors (Lipinski definition) is 1. The molecule has 0 saturated carbocycles. The summed E-state index contributed by atoms with van der Waals surface area (Å²) < 4.78 is 13.2. The summed E-state index contributed by atoms with van der Waals surface area (Å²) in [5.74, 6) is 0. The minimum atomic E-state index is 0.503. The fraction of sp³-hybridized carbons (Fsp3) is 0.500. The second-order valence-corrected chi connectivity index (χ2v) is 6.90. The van der Waals surface area contributed by atoms with Crippen LogP contribution in [0, 0.1) is 0 Å². The third-order valence-corrected chi connectivity index (χ3v) is 3.75. The summed E-state index contributed by atoms with van der Waals surface area (Å²) in [4.78, 5) is 0. The molecule has 3 rings (SSSR count). The average Bonchev–Trinajstić information content (AvgIpc) is 3.10. The summed E-state index contributed by atoms with van der Waals surface area (Å²) in [7, 11) is 0. The predicted molar refractivity (Wildman–Crippen MR) is 81.9 cm³/mol. The Hall–Kier alpha value is 0.540. The lowest BCUT2D eigenvalue weighted by atomic mass is 10.4. The summed E-state index contributed by atoms with van der Waals surface area (Å²) in [6.45, 7) is 3.89. The van der Waals surface area contributed by atoms with Gasteiger partial charge in [-0.05, 0) is 18.2 Å². The average molecular weight is 444 g/mol. The van der Waals surface area contributed by atoms with Crippen LogP contribution in [0.3, 0.4) is 0 Å². The van der Waals surface area contributed by atoms with Gasteiger partial charge in [-0.1, -0.05) is 47.8 Å². The molecule has 2 fully saturated rings. The van der Waals surface area contributed by atoms with Gasteiger partial charge in [0.25, 0.3) is 0 Å². The van der Waals surface area contributed by atoms with Crippen LogP contribution in [-0.4, -0.2) is 38.5 Å². The first-order valence-electron chi connectivity index (χ1n) is 5.69. The van der Waals surface area contributed by atoms with Crippen molar-refractivity contribution in [3.05, 3.63) is 31.6 Å². The van der Waals surface area contributed by atoms with E-state index in [1.807, 2.05) is 18.2 Å². The fourth-order valence-electron chi connectivity index (χ4n) is 1.30. The van der Waals surface area contributed by atoms with E-state index in [1.54, 1.807) is 0 Å². The van der Waals surface area contributed by atoms with Crippen LogP contribution < -0.4 is 5.32 Å². The van der Waals surface area contributed by atoms with E-state index in [0.717, 1.165) is 39.7 Å². The number of hydrogen-bond acceptors (Lipinski definition) is 3. The van der Waals surface area contributed by atoms with Crippen LogP contribution in [0.25, 0.3) is 0 Å². The summed E-state index contributed by atoms with van der Waals surface area (Å²) in [5.41, 5.74) is 0. The zero-order valence-corrected chi connectivity index (χ0v) is 14.4. The lowest BCUT2D eigenvalue weighted by Gasteiger charge is -1.95. The highest BCUT2D eigenvalue weighted by molar-refractivity contribution is 9.11. The molecule has 100 valence electrons. The molecule has 2 unspecified atom stereocenters. The molecule has 0 aliphatic carbocycles. The second kappa shape index (κ2) is 7.36. The van der Waals surface area contributed by atoms with Gasteiger partial charge in [0, 0.05) is 26.5 Å². The molecular formula is C12H14Br3NO2. The van der Waals surface area contributed by atoms with E-state index in [-0.39, 0.29) is 0 Å². The van der Waals surface area contributed by atoms with Gasteiger partial charge in [-0.3, -0.25) is 0 Å². The maximum Gasteiger partial charge on any atom is 0.0933 e. The molecule has 0 spiro atoms. The zero-order valence-electron chi connectivity index (χ0n) is 9.67. The monoisotopic (exact) mass is 441 g/mol. The standard InChI is InChI=1S/C6H3Br3.C6H11NO2/c7-4-1-5(8)3-6(9)2-4;1(5-3-8-5)7-2-6-4-9-6/h1-3H;5-7H,1-4H2. The molecule has 2 heterocycles. The SMILES string of the molecule is Brc1cc(Br)cc(Br)c1.C(NCC1CO1)C1CO1. The Balaban J connectivity index is 0.000000134. The first kappa shape index (κ1) is 14.9. The first-order chi connectivity index (χ1) is 8.63. The van der Waals surface area contributed by atoms with Gasteiger partial charge in [0.2, 0.25) is 0 Å². The Kier molecular flexibility index (Phi) is 6.11. The maximum absolute atomic E-state index is 5.01. The number of nitrogens with one attached hydrogen (secondary N) is 1. The molecular weight excluding hydrogens is 430 g/mol. The Morgan fingerprint density at radius 1 is 0.889 bits per heavy atom. The second-order valence-electron chi connectivity index (χ2n) is 4.16. The summed E-state index contributed by atoms with van der Waals surface area (Å²) in [6, 6.07) is 5.97. The van der Waals surface area contributed by atoms with Gasteiger partial charge in [0.05, 0.1) is 25.4 Å². The topological polar surface area (TPSA) is 37.1 Å². The predicted octanol–water partition coefficient (Wildman–Crippen LogP) is 3.35. The lowest BCUT2D eigenvalue weighted by Crippen LogP contribution is -2.24. The van der Waals surface area contributed by atoms with E-state index in [9.17, 15) is 0 Å². The van der Waals surface area contributed by atoms with E-state index < -0.39 is 0 Å². The molecule has 2 aliphatic rings. The molecule has 18 heavy (non-hydrogen) atoms. The van der Waals surface area contributed by atoms with Gasteiger partial charge >= 0.3 is 0 Å². The van der Waals surface area contributed by atoms with Crippen molar-refractivity contribution in [3.8, 4) is 0 Å². The van der Waals surface area contributed by atoms with Gasteiger partial charge in [-0.25, -0.2) is 0 Å². The van der Waals surface area contributed by atoms with Crippen LogP contribution in [0.4, 0.5) is 0 Å². The number of halogens is 3. The Morgan fingerprint density at radius 2 is 1.22 bits per heavy atom. The van der Waals surface area contributed by atoms with Crippen molar-refractivity contribution < 1.29 is 9.47 Å². The van der Waals surface area contributed by atoms with Crippen molar-refractivity contribution in [2.45, 2.75) is 12.2 Å². The highest BCUT2D eigenvalue weighted by Gasteiger charge is 2.25. The third kappa shape index (κ3) is 6.63. The van der Waals surface area contributed by atoms with E-state index in [4.69, 9.17) is 9.47 Å². The Morgan fingerprint density at radius 3 is 1.50 bits per heavy atom. The molecule has 6 heteroatoms.